The lowest BCUT2D eigenvalue weighted by Crippen LogP contribution is -2.33. The Labute approximate surface area is 144 Å². The lowest BCUT2D eigenvalue weighted by atomic mass is 9.90. The highest BCUT2D eigenvalue weighted by atomic mass is 32.1. The van der Waals surface area contributed by atoms with Crippen LogP contribution < -0.4 is 10.5 Å². The molecule has 7 nitrogen and oxygen atoms in total. The van der Waals surface area contributed by atoms with Crippen LogP contribution >= 0.6 is 11.3 Å². The molecule has 0 aliphatic carbocycles. The number of aryl methyl sites for hydroxylation is 1. The van der Waals surface area contributed by atoms with E-state index in [1.54, 1.807) is 6.07 Å². The van der Waals surface area contributed by atoms with Crippen molar-refractivity contribution in [2.75, 3.05) is 24.6 Å². The molecule has 2 aromatic rings. The summed E-state index contributed by atoms with van der Waals surface area (Å²) in [5.74, 6) is -0.172. The number of nitrogens with zero attached hydrogens (tertiary/aromatic N) is 4. The molecule has 1 unspecified atom stereocenters. The Hall–Kier alpha value is -1.96. The van der Waals surface area contributed by atoms with Gasteiger partial charge in [-0.25, -0.2) is 4.98 Å². The van der Waals surface area contributed by atoms with Gasteiger partial charge in [0.15, 0.2) is 0 Å². The molecule has 8 heteroatoms. The van der Waals surface area contributed by atoms with E-state index in [0.717, 1.165) is 23.7 Å². The third-order valence-corrected chi connectivity index (χ3v) is 5.27. The number of hydrogen-bond donors (Lipinski definition) is 0. The number of carbonyl (C=O) groups excluding carboxylic acids is 1. The molecule has 2 aromatic heterocycles. The lowest BCUT2D eigenvalue weighted by Gasteiger charge is -2.21. The zero-order valence-electron chi connectivity index (χ0n) is 14.2. The van der Waals surface area contributed by atoms with Gasteiger partial charge >= 0.3 is 5.97 Å². The molecule has 0 spiro atoms. The van der Waals surface area contributed by atoms with Crippen LogP contribution in [0.5, 0.6) is 0 Å². The Morgan fingerprint density at radius 2 is 2.25 bits per heavy atom. The molecule has 0 saturated carbocycles. The van der Waals surface area contributed by atoms with Crippen LogP contribution in [-0.2, 0) is 16.0 Å². The quantitative estimate of drug-likeness (QED) is 0.767. The standard InChI is InChI=1S/C16H22N4O3S/c1-4-6-11-9-12(21)20-14(17-11)24-15(18-20)19-8-7-16(3,10-19)13(22)23-5-2/h9H,4-8,10H2,1-3H3. The first kappa shape index (κ1) is 16.9. The number of anilines is 1. The average molecular weight is 350 g/mol. The summed E-state index contributed by atoms with van der Waals surface area (Å²) in [6, 6.07) is 1.55. The molecule has 1 atom stereocenters. The van der Waals surface area contributed by atoms with Crippen molar-refractivity contribution in [1.82, 2.24) is 14.6 Å². The van der Waals surface area contributed by atoms with E-state index in [2.05, 4.69) is 17.0 Å². The van der Waals surface area contributed by atoms with E-state index in [1.165, 1.54) is 15.9 Å². The van der Waals surface area contributed by atoms with Crippen LogP contribution in [0.25, 0.3) is 4.96 Å². The third-order valence-electron chi connectivity index (χ3n) is 4.31. The zero-order valence-corrected chi connectivity index (χ0v) is 15.1. The van der Waals surface area contributed by atoms with Gasteiger partial charge in [0.25, 0.3) is 5.56 Å². The maximum atomic E-state index is 12.2. The van der Waals surface area contributed by atoms with Crippen molar-refractivity contribution in [3.8, 4) is 0 Å². The number of fused-ring (bicyclic) bond motifs is 1. The van der Waals surface area contributed by atoms with Crippen molar-refractivity contribution in [3.05, 3.63) is 22.1 Å². The minimum absolute atomic E-state index is 0.154. The predicted octanol–water partition coefficient (Wildman–Crippen LogP) is 1.88. The topological polar surface area (TPSA) is 76.8 Å². The van der Waals surface area contributed by atoms with Gasteiger partial charge < -0.3 is 9.64 Å². The monoisotopic (exact) mass is 350 g/mol. The van der Waals surface area contributed by atoms with Gasteiger partial charge in [0.2, 0.25) is 10.1 Å². The maximum absolute atomic E-state index is 12.2. The van der Waals surface area contributed by atoms with E-state index >= 15 is 0 Å². The Kier molecular flexibility index (Phi) is 4.58. The normalized spacial score (nSPS) is 20.7. The molecule has 0 aromatic carbocycles. The van der Waals surface area contributed by atoms with Crippen LogP contribution in [0.15, 0.2) is 10.9 Å². The van der Waals surface area contributed by atoms with Crippen molar-refractivity contribution < 1.29 is 9.53 Å². The third kappa shape index (κ3) is 3.02. The van der Waals surface area contributed by atoms with Crippen LogP contribution in [0.3, 0.4) is 0 Å². The molecule has 0 radical (unpaired) electrons. The van der Waals surface area contributed by atoms with Gasteiger partial charge in [0.05, 0.1) is 12.0 Å². The number of ether oxygens (including phenoxy) is 1. The minimum Gasteiger partial charge on any atom is -0.466 e. The van der Waals surface area contributed by atoms with Gasteiger partial charge in [0.1, 0.15) is 0 Å². The molecular weight excluding hydrogens is 328 g/mol. The van der Waals surface area contributed by atoms with E-state index in [9.17, 15) is 9.59 Å². The fourth-order valence-electron chi connectivity index (χ4n) is 2.95. The van der Waals surface area contributed by atoms with Crippen LogP contribution in [0, 0.1) is 5.41 Å². The second-order valence-corrected chi connectivity index (χ2v) is 7.30. The summed E-state index contributed by atoms with van der Waals surface area (Å²) in [4.78, 5) is 31.5. The molecule has 130 valence electrons. The summed E-state index contributed by atoms with van der Waals surface area (Å²) in [5, 5.41) is 5.12. The highest BCUT2D eigenvalue weighted by molar-refractivity contribution is 7.20. The van der Waals surface area contributed by atoms with Crippen molar-refractivity contribution in [3.63, 3.8) is 0 Å². The van der Waals surface area contributed by atoms with E-state index in [0.29, 0.717) is 31.1 Å². The van der Waals surface area contributed by atoms with E-state index in [-0.39, 0.29) is 11.5 Å². The second-order valence-electron chi connectivity index (χ2n) is 6.37. The molecule has 3 heterocycles. The first-order valence-electron chi connectivity index (χ1n) is 8.29. The predicted molar refractivity (Wildman–Crippen MR) is 92.7 cm³/mol. The Morgan fingerprint density at radius 1 is 1.46 bits per heavy atom. The molecule has 0 bridgehead atoms. The molecule has 24 heavy (non-hydrogen) atoms. The molecule has 0 amide bonds. The molecule has 1 fully saturated rings. The second kappa shape index (κ2) is 6.51. The van der Waals surface area contributed by atoms with Crippen molar-refractivity contribution in [2.24, 2.45) is 5.41 Å². The van der Waals surface area contributed by atoms with E-state index in [1.807, 2.05) is 18.7 Å². The largest absolute Gasteiger partial charge is 0.466 e. The zero-order chi connectivity index (χ0) is 17.3. The number of hydrogen-bond acceptors (Lipinski definition) is 7. The average Bonchev–Trinajstić information content (AvgIpc) is 3.13. The molecular formula is C16H22N4O3S. The SMILES string of the molecule is CCCc1cc(=O)n2nc(N3CCC(C)(C(=O)OCC)C3)sc2n1. The van der Waals surface area contributed by atoms with Gasteiger partial charge in [-0.2, -0.15) is 4.52 Å². The van der Waals surface area contributed by atoms with Crippen LogP contribution in [0.1, 0.15) is 39.3 Å². The van der Waals surface area contributed by atoms with E-state index in [4.69, 9.17) is 4.74 Å². The summed E-state index contributed by atoms with van der Waals surface area (Å²) < 4.78 is 6.53. The smallest absolute Gasteiger partial charge is 0.313 e. The fourth-order valence-corrected chi connectivity index (χ4v) is 3.91. The highest BCUT2D eigenvalue weighted by Crippen LogP contribution is 2.35. The Morgan fingerprint density at radius 3 is 2.96 bits per heavy atom. The molecule has 1 saturated heterocycles. The van der Waals surface area contributed by atoms with Gasteiger partial charge in [-0.15, -0.1) is 5.10 Å². The molecule has 0 N–H and O–H groups in total. The van der Waals surface area contributed by atoms with Gasteiger partial charge in [-0.1, -0.05) is 24.7 Å². The summed E-state index contributed by atoms with van der Waals surface area (Å²) >= 11 is 1.39. The van der Waals surface area contributed by atoms with Crippen LogP contribution in [-0.4, -0.2) is 40.3 Å². The minimum atomic E-state index is -0.528. The first-order chi connectivity index (χ1) is 11.5. The first-order valence-corrected chi connectivity index (χ1v) is 9.10. The number of esters is 1. The van der Waals surface area contributed by atoms with Crippen molar-refractivity contribution in [2.45, 2.75) is 40.0 Å². The van der Waals surface area contributed by atoms with Gasteiger partial charge in [-0.3, -0.25) is 9.59 Å². The summed E-state index contributed by atoms with van der Waals surface area (Å²) in [6.07, 6.45) is 2.44. The summed E-state index contributed by atoms with van der Waals surface area (Å²) in [5.41, 5.74) is 0.119. The Balaban J connectivity index is 1.87. The number of aromatic nitrogens is 3. The Bertz CT molecular complexity index is 815. The van der Waals surface area contributed by atoms with Crippen LogP contribution in [0.4, 0.5) is 5.13 Å². The highest BCUT2D eigenvalue weighted by Gasteiger charge is 2.42. The van der Waals surface area contributed by atoms with Gasteiger partial charge in [0, 0.05) is 24.8 Å². The van der Waals surface area contributed by atoms with E-state index < -0.39 is 5.41 Å². The summed E-state index contributed by atoms with van der Waals surface area (Å²) in [6.45, 7) is 7.43. The number of rotatable bonds is 5. The van der Waals surface area contributed by atoms with Crippen molar-refractivity contribution in [1.29, 1.82) is 0 Å². The number of carbonyl (C=O) groups is 1. The molecule has 1 aliphatic rings. The summed E-state index contributed by atoms with van der Waals surface area (Å²) in [7, 11) is 0. The molecule has 1 aliphatic heterocycles. The fraction of sp³-hybridized carbons (Fsp3) is 0.625. The van der Waals surface area contributed by atoms with Gasteiger partial charge in [-0.05, 0) is 26.7 Å². The van der Waals surface area contributed by atoms with Crippen LogP contribution in [0.2, 0.25) is 0 Å². The molecule has 3 rings (SSSR count). The van der Waals surface area contributed by atoms with Crippen molar-refractivity contribution >= 4 is 27.4 Å². The lowest BCUT2D eigenvalue weighted by molar-refractivity contribution is -0.153. The maximum Gasteiger partial charge on any atom is 0.313 e.